The van der Waals surface area contributed by atoms with Crippen LogP contribution in [0, 0.1) is 56.7 Å². The van der Waals surface area contributed by atoms with Crippen molar-refractivity contribution in [3.63, 3.8) is 0 Å². The molecule has 1 heterocycles. The number of pyridine rings is 1. The van der Waals surface area contributed by atoms with Crippen LogP contribution >= 0.6 is 0 Å². The molecule has 7 rings (SSSR count). The summed E-state index contributed by atoms with van der Waals surface area (Å²) in [5.74, 6) is 1.60. The monoisotopic (exact) mass is 626 g/mol. The predicted octanol–water partition coefficient (Wildman–Crippen LogP) is 8.78. The number of amides is 1. The normalized spacial score (nSPS) is 42.6. The molecule has 5 fully saturated rings. The molecular weight excluding hydrogens is 572 g/mol. The number of ether oxygens (including phenoxy) is 1. The topological polar surface area (TPSA) is 85.4 Å². The van der Waals surface area contributed by atoms with Crippen LogP contribution in [0.15, 0.2) is 36.5 Å². The number of aromatic nitrogens is 1. The fourth-order valence-corrected chi connectivity index (χ4v) is 13.3. The zero-order valence-corrected chi connectivity index (χ0v) is 29.1. The van der Waals surface area contributed by atoms with Gasteiger partial charge in [0.1, 0.15) is 11.9 Å². The van der Waals surface area contributed by atoms with E-state index in [2.05, 4.69) is 44.9 Å². The van der Waals surface area contributed by atoms with Crippen LogP contribution in [0.4, 0.5) is 5.69 Å². The number of fused-ring (bicyclic) bond motifs is 8. The maximum atomic E-state index is 14.7. The molecule has 6 heteroatoms. The zero-order chi connectivity index (χ0) is 32.9. The molecular formula is C40H54N2O4. The fourth-order valence-electron chi connectivity index (χ4n) is 13.3. The van der Waals surface area contributed by atoms with Gasteiger partial charge in [-0.1, -0.05) is 40.7 Å². The minimum absolute atomic E-state index is 0.0273. The molecule has 46 heavy (non-hydrogen) atoms. The van der Waals surface area contributed by atoms with E-state index >= 15 is 0 Å². The number of nitrogens with zero attached hydrogens (tertiary/aromatic N) is 1. The molecule has 5 aliphatic rings. The Bertz CT molecular complexity index is 1580. The molecule has 6 nitrogen and oxygen atoms in total. The lowest BCUT2D eigenvalue weighted by atomic mass is 9.32. The lowest BCUT2D eigenvalue weighted by Crippen LogP contribution is -2.67. The number of hydrogen-bond donors (Lipinski definition) is 1. The van der Waals surface area contributed by atoms with Crippen molar-refractivity contribution in [2.75, 3.05) is 5.32 Å². The van der Waals surface area contributed by atoms with E-state index in [9.17, 15) is 14.4 Å². The van der Waals surface area contributed by atoms with Crippen molar-refractivity contribution in [2.24, 2.45) is 56.7 Å². The molecule has 1 aromatic heterocycles. The quantitative estimate of drug-likeness (QED) is 0.343. The van der Waals surface area contributed by atoms with Gasteiger partial charge in [0, 0.05) is 29.8 Å². The molecule has 0 unspecified atom stereocenters. The van der Waals surface area contributed by atoms with Crippen LogP contribution < -0.4 is 5.32 Å². The van der Waals surface area contributed by atoms with Crippen molar-refractivity contribution < 1.29 is 19.1 Å². The third-order valence-electron chi connectivity index (χ3n) is 15.5. The van der Waals surface area contributed by atoms with E-state index in [4.69, 9.17) is 4.74 Å². The van der Waals surface area contributed by atoms with Crippen LogP contribution in [0.25, 0.3) is 10.9 Å². The van der Waals surface area contributed by atoms with Gasteiger partial charge in [0.15, 0.2) is 0 Å². The number of carbonyl (C=O) groups excluding carboxylic acids is 3. The molecule has 0 saturated heterocycles. The lowest BCUT2D eigenvalue weighted by Gasteiger charge is -2.72. The van der Waals surface area contributed by atoms with Crippen LogP contribution in [-0.2, 0) is 19.1 Å². The van der Waals surface area contributed by atoms with Gasteiger partial charge in [0.05, 0.1) is 16.6 Å². The van der Waals surface area contributed by atoms with E-state index in [-0.39, 0.29) is 57.3 Å². The van der Waals surface area contributed by atoms with E-state index in [0.29, 0.717) is 17.8 Å². The standard InChI is InChI=1S/C40H54N2O4/c1-24(43)26-15-20-40(35(45)42-30-12-8-11-29-27(30)10-9-23-41-29)22-21-38(6)28(34(26)40)13-14-32-37(5)18-17-33(46-25(2)44)36(3,4)31(37)16-19-39(32,38)7/h8-12,23,26,28,31-34H,13-22H2,1-7H3,(H,42,45)/t26-,28+,31-,32+,33-,34+,37-,38+,39+,40-/m0/s1. The fraction of sp³-hybridized carbons (Fsp3) is 0.700. The number of anilines is 1. The van der Waals surface area contributed by atoms with Crippen LogP contribution in [0.3, 0.4) is 0 Å². The smallest absolute Gasteiger partial charge is 0.302 e. The summed E-state index contributed by atoms with van der Waals surface area (Å²) in [6, 6.07) is 9.88. The van der Waals surface area contributed by atoms with Crippen molar-refractivity contribution in [1.82, 2.24) is 4.98 Å². The second kappa shape index (κ2) is 10.6. The van der Waals surface area contributed by atoms with Gasteiger partial charge in [-0.3, -0.25) is 19.4 Å². The van der Waals surface area contributed by atoms with Gasteiger partial charge >= 0.3 is 5.97 Å². The highest BCUT2D eigenvalue weighted by Gasteiger charge is 2.72. The lowest BCUT2D eigenvalue weighted by molar-refractivity contribution is -0.248. The van der Waals surface area contributed by atoms with Crippen molar-refractivity contribution in [2.45, 2.75) is 119 Å². The number of rotatable bonds is 4. The zero-order valence-electron chi connectivity index (χ0n) is 29.1. The first kappa shape index (κ1) is 31.8. The number of benzene rings is 1. The van der Waals surface area contributed by atoms with Crippen molar-refractivity contribution in [1.29, 1.82) is 0 Å². The molecule has 248 valence electrons. The van der Waals surface area contributed by atoms with Gasteiger partial charge in [-0.05, 0) is 135 Å². The SMILES string of the molecule is CC(=O)O[C@H]1CC[C@]2(C)[C@H]3CC[C@@H]4[C@H]5[C@H](C(C)=O)CC[C@]5(C(=O)Nc5cccc6ncccc56)CC[C@@]4(C)[C@]3(C)CC[C@H]2C1(C)C. The summed E-state index contributed by atoms with van der Waals surface area (Å²) in [5, 5.41) is 4.35. The molecule has 5 saturated carbocycles. The third kappa shape index (κ3) is 4.26. The molecule has 5 aliphatic carbocycles. The Morgan fingerprint density at radius 2 is 1.59 bits per heavy atom. The Morgan fingerprint density at radius 1 is 0.804 bits per heavy atom. The summed E-state index contributed by atoms with van der Waals surface area (Å²) in [4.78, 5) is 44.6. The second-order valence-corrected chi connectivity index (χ2v) is 17.4. The highest BCUT2D eigenvalue weighted by atomic mass is 16.5. The van der Waals surface area contributed by atoms with Gasteiger partial charge in [0.25, 0.3) is 0 Å². The van der Waals surface area contributed by atoms with Gasteiger partial charge in [-0.25, -0.2) is 0 Å². The molecule has 2 aromatic rings. The summed E-state index contributed by atoms with van der Waals surface area (Å²) in [7, 11) is 0. The predicted molar refractivity (Wildman–Crippen MR) is 181 cm³/mol. The van der Waals surface area contributed by atoms with E-state index in [1.165, 1.54) is 0 Å². The van der Waals surface area contributed by atoms with Gasteiger partial charge in [0.2, 0.25) is 5.91 Å². The molecule has 1 N–H and O–H groups in total. The van der Waals surface area contributed by atoms with Gasteiger partial charge < -0.3 is 10.1 Å². The van der Waals surface area contributed by atoms with Crippen molar-refractivity contribution in [3.05, 3.63) is 36.5 Å². The first-order valence-electron chi connectivity index (χ1n) is 18.0. The summed E-state index contributed by atoms with van der Waals surface area (Å²) in [6.07, 6.45) is 11.7. The Hall–Kier alpha value is -2.76. The number of Topliss-reactive ketones (excluding diaryl/α,β-unsaturated/α-hetero) is 1. The molecule has 0 spiro atoms. The summed E-state index contributed by atoms with van der Waals surface area (Å²) >= 11 is 0. The molecule has 1 amide bonds. The van der Waals surface area contributed by atoms with Gasteiger partial charge in [-0.2, -0.15) is 0 Å². The number of carbonyl (C=O) groups is 3. The summed E-state index contributed by atoms with van der Waals surface area (Å²) < 4.78 is 5.94. The molecule has 0 bridgehead atoms. The Labute approximate surface area is 275 Å². The number of esters is 1. The number of hydrogen-bond acceptors (Lipinski definition) is 5. The third-order valence-corrected chi connectivity index (χ3v) is 15.5. The first-order valence-corrected chi connectivity index (χ1v) is 18.0. The van der Waals surface area contributed by atoms with Crippen LogP contribution in [-0.4, -0.2) is 28.7 Å². The summed E-state index contributed by atoms with van der Waals surface area (Å²) in [6.45, 7) is 15.7. The maximum absolute atomic E-state index is 14.7. The Morgan fingerprint density at radius 3 is 2.33 bits per heavy atom. The first-order chi connectivity index (χ1) is 21.7. The van der Waals surface area contributed by atoms with Crippen LogP contribution in [0.1, 0.15) is 113 Å². The van der Waals surface area contributed by atoms with Crippen molar-refractivity contribution >= 4 is 34.3 Å². The molecule has 10 atom stereocenters. The number of nitrogens with one attached hydrogen (secondary N) is 1. The van der Waals surface area contributed by atoms with Crippen molar-refractivity contribution in [3.8, 4) is 0 Å². The number of ketones is 1. The average molecular weight is 627 g/mol. The highest BCUT2D eigenvalue weighted by Crippen LogP contribution is 2.77. The van der Waals surface area contributed by atoms with Crippen LogP contribution in [0.2, 0.25) is 0 Å². The van der Waals surface area contributed by atoms with E-state index < -0.39 is 5.41 Å². The summed E-state index contributed by atoms with van der Waals surface area (Å²) in [5.41, 5.74) is 1.44. The Kier molecular flexibility index (Phi) is 7.35. The largest absolute Gasteiger partial charge is 0.462 e. The van der Waals surface area contributed by atoms with E-state index in [1.54, 1.807) is 20.0 Å². The molecule has 1 aromatic carbocycles. The van der Waals surface area contributed by atoms with E-state index in [0.717, 1.165) is 80.8 Å². The minimum Gasteiger partial charge on any atom is -0.462 e. The average Bonchev–Trinajstić information content (AvgIpc) is 3.40. The maximum Gasteiger partial charge on any atom is 0.302 e. The highest BCUT2D eigenvalue weighted by molar-refractivity contribution is 6.03. The van der Waals surface area contributed by atoms with Gasteiger partial charge in [-0.15, -0.1) is 0 Å². The Balaban J connectivity index is 1.23. The molecule has 0 aliphatic heterocycles. The molecule has 0 radical (unpaired) electrons. The minimum atomic E-state index is -0.529. The van der Waals surface area contributed by atoms with Crippen LogP contribution in [0.5, 0.6) is 0 Å². The second-order valence-electron chi connectivity index (χ2n) is 17.4. The van der Waals surface area contributed by atoms with E-state index in [1.807, 2.05) is 30.3 Å².